The number of carboxylic acids is 3. The molecule has 6 aromatic rings. The number of nitrogens with one attached hydrogen (secondary N) is 4. The maximum Gasteiger partial charge on any atom is 0.322 e. The lowest BCUT2D eigenvalue weighted by Crippen LogP contribution is -2.29. The maximum atomic E-state index is 13.8. The minimum absolute atomic E-state index is 0.0102. The molecule has 6 rings (SSSR count). The molecule has 6 aromatic carbocycles. The van der Waals surface area contributed by atoms with Crippen LogP contribution in [0.5, 0.6) is 17.2 Å². The van der Waals surface area contributed by atoms with E-state index in [0.29, 0.717) is 86.1 Å². The molecule has 0 aromatic heterocycles. The first-order valence-corrected chi connectivity index (χ1v) is 28.9. The van der Waals surface area contributed by atoms with Crippen LogP contribution in [0.15, 0.2) is 109 Å². The SMILES string of the molecule is CCCNc1cc(F)cc(COc2c(Br)cc(C(=O)NCC(=O)O)cc2Br)c1.CCCNc1cc(F)cc(COc2c(Br)cc(CCC(=O)O)cc2Br)c1.CCCNc1cc(F)cc(COc2c(Cl)cc(CCC(=O)O)cc2Cl)c1. The first-order valence-electron chi connectivity index (χ1n) is 24.9. The van der Waals surface area contributed by atoms with Crippen molar-refractivity contribution < 1.29 is 61.9 Å². The quantitative estimate of drug-likeness (QED) is 0.0257. The molecule has 80 heavy (non-hydrogen) atoms. The summed E-state index contributed by atoms with van der Waals surface area (Å²) in [5.74, 6) is -3.08. The normalized spacial score (nSPS) is 10.6. The van der Waals surface area contributed by atoms with Crippen molar-refractivity contribution in [1.82, 2.24) is 5.32 Å². The van der Waals surface area contributed by atoms with Gasteiger partial charge in [0.2, 0.25) is 0 Å². The van der Waals surface area contributed by atoms with Crippen molar-refractivity contribution in [2.24, 2.45) is 0 Å². The molecule has 0 unspecified atom stereocenters. The van der Waals surface area contributed by atoms with Gasteiger partial charge in [-0.3, -0.25) is 19.2 Å². The second-order valence-electron chi connectivity index (χ2n) is 17.6. The molecule has 0 aliphatic heterocycles. The van der Waals surface area contributed by atoms with E-state index in [2.05, 4.69) is 85.0 Å². The van der Waals surface area contributed by atoms with Crippen LogP contribution in [0, 0.1) is 17.5 Å². The molecule has 0 atom stereocenters. The third-order valence-corrected chi connectivity index (χ3v) is 13.7. The smallest absolute Gasteiger partial charge is 0.322 e. The summed E-state index contributed by atoms with van der Waals surface area (Å²) in [5.41, 5.74) is 5.98. The molecule has 0 spiro atoms. The highest BCUT2D eigenvalue weighted by Crippen LogP contribution is 2.38. The highest BCUT2D eigenvalue weighted by Gasteiger charge is 2.17. The van der Waals surface area contributed by atoms with Crippen LogP contribution in [0.25, 0.3) is 0 Å². The largest absolute Gasteiger partial charge is 0.487 e. The number of aliphatic carboxylic acids is 3. The standard InChI is InChI=1S/C19H19Br2FN2O4.C19H20Br2FNO3.C19H20Cl2FNO3/c1-2-3-23-14-5-11(4-13(22)8-14)10-28-18-15(20)6-12(7-16(18)21)19(27)24-9-17(25)26;2*1-2-5-23-15-7-13(6-14(22)10-15)11-26-19-16(20)8-12(9-17(19)21)3-4-18(24)25/h4-8,23H,2-3,9-10H2,1H3,(H,24,27)(H,25,26);2*6-10,23H,2-5,11H2,1H3,(H,24,25). The van der Waals surface area contributed by atoms with Gasteiger partial charge in [0.1, 0.15) is 55.3 Å². The van der Waals surface area contributed by atoms with Gasteiger partial charge >= 0.3 is 17.9 Å². The highest BCUT2D eigenvalue weighted by molar-refractivity contribution is 9.11. The maximum absolute atomic E-state index is 13.8. The topological polar surface area (TPSA) is 205 Å². The number of halogens is 9. The molecule has 23 heteroatoms. The minimum Gasteiger partial charge on any atom is -0.487 e. The molecule has 14 nitrogen and oxygen atoms in total. The Labute approximate surface area is 506 Å². The molecular weight excluding hydrogens is 1350 g/mol. The first-order chi connectivity index (χ1) is 38.1. The first kappa shape index (κ1) is 66.8. The molecule has 0 heterocycles. The number of hydrogen-bond donors (Lipinski definition) is 7. The van der Waals surface area contributed by atoms with E-state index in [0.717, 1.165) is 55.7 Å². The fraction of sp³-hybridized carbons (Fsp3) is 0.298. The van der Waals surface area contributed by atoms with Crippen molar-refractivity contribution in [2.45, 2.75) is 85.5 Å². The second kappa shape index (κ2) is 34.5. The van der Waals surface area contributed by atoms with Gasteiger partial charge < -0.3 is 50.8 Å². The lowest BCUT2D eigenvalue weighted by atomic mass is 10.1. The van der Waals surface area contributed by atoms with Crippen LogP contribution < -0.4 is 35.5 Å². The number of amides is 1. The van der Waals surface area contributed by atoms with Gasteiger partial charge in [0.25, 0.3) is 5.91 Å². The number of carboxylic acid groups (broad SMARTS) is 3. The summed E-state index contributed by atoms with van der Waals surface area (Å²) in [5, 5.41) is 38.5. The third kappa shape index (κ3) is 23.8. The van der Waals surface area contributed by atoms with Crippen molar-refractivity contribution in [2.75, 3.05) is 42.1 Å². The number of carbonyl (C=O) groups excluding carboxylic acids is 1. The molecule has 0 aliphatic rings. The third-order valence-electron chi connectivity index (χ3n) is 10.8. The summed E-state index contributed by atoms with van der Waals surface area (Å²) >= 11 is 26.0. The number of carbonyl (C=O) groups is 4. The van der Waals surface area contributed by atoms with E-state index in [1.807, 2.05) is 51.1 Å². The average Bonchev–Trinajstić information content (AvgIpc) is 3.39. The Balaban J connectivity index is 0.000000259. The Hall–Kier alpha value is -5.71. The molecule has 0 radical (unpaired) electrons. The zero-order valence-electron chi connectivity index (χ0n) is 43.7. The van der Waals surface area contributed by atoms with E-state index in [1.54, 1.807) is 12.1 Å². The van der Waals surface area contributed by atoms with Gasteiger partial charge in [-0.1, -0.05) is 44.0 Å². The number of ether oxygens (including phenoxy) is 3. The predicted molar refractivity (Wildman–Crippen MR) is 321 cm³/mol. The lowest BCUT2D eigenvalue weighted by molar-refractivity contribution is -0.138. The van der Waals surface area contributed by atoms with Gasteiger partial charge in [-0.15, -0.1) is 0 Å². The molecule has 1 amide bonds. The van der Waals surface area contributed by atoms with Gasteiger partial charge in [0, 0.05) is 55.1 Å². The van der Waals surface area contributed by atoms with E-state index in [4.69, 9.17) is 52.7 Å². The van der Waals surface area contributed by atoms with Crippen LogP contribution in [0.4, 0.5) is 30.2 Å². The fourth-order valence-corrected chi connectivity index (χ4v) is 10.7. The van der Waals surface area contributed by atoms with Crippen LogP contribution in [0.2, 0.25) is 10.0 Å². The minimum atomic E-state index is -1.13. The zero-order valence-corrected chi connectivity index (χ0v) is 51.5. The fourth-order valence-electron chi connectivity index (χ4n) is 7.16. The number of rotatable bonds is 27. The average molecular weight is 1410 g/mol. The van der Waals surface area contributed by atoms with E-state index >= 15 is 0 Å². The molecule has 0 aliphatic carbocycles. The van der Waals surface area contributed by atoms with Crippen molar-refractivity contribution in [3.05, 3.63) is 170 Å². The Morgan fingerprint density at radius 2 is 0.800 bits per heavy atom. The van der Waals surface area contributed by atoms with E-state index in [-0.39, 0.29) is 55.7 Å². The van der Waals surface area contributed by atoms with Crippen LogP contribution in [0.3, 0.4) is 0 Å². The van der Waals surface area contributed by atoms with E-state index in [1.165, 1.54) is 48.5 Å². The lowest BCUT2D eigenvalue weighted by Gasteiger charge is -2.13. The zero-order chi connectivity index (χ0) is 58.9. The Kier molecular flexibility index (Phi) is 28.8. The molecule has 0 bridgehead atoms. The molecule has 0 saturated carbocycles. The van der Waals surface area contributed by atoms with E-state index in [9.17, 15) is 32.3 Å². The van der Waals surface area contributed by atoms with Gasteiger partial charge in [0.15, 0.2) is 5.75 Å². The van der Waals surface area contributed by atoms with Gasteiger partial charge in [-0.25, -0.2) is 13.2 Å². The summed E-state index contributed by atoms with van der Waals surface area (Å²) in [7, 11) is 0. The highest BCUT2D eigenvalue weighted by atomic mass is 79.9. The Morgan fingerprint density at radius 3 is 1.14 bits per heavy atom. The molecule has 430 valence electrons. The van der Waals surface area contributed by atoms with Crippen LogP contribution in [-0.2, 0) is 47.0 Å². The van der Waals surface area contributed by atoms with Crippen molar-refractivity contribution in [3.8, 4) is 17.2 Å². The summed E-state index contributed by atoms with van der Waals surface area (Å²) in [6, 6.07) is 24.0. The molecule has 0 saturated heterocycles. The molecule has 7 N–H and O–H groups in total. The second-order valence-corrected chi connectivity index (χ2v) is 21.8. The Morgan fingerprint density at radius 1 is 0.463 bits per heavy atom. The van der Waals surface area contributed by atoms with E-state index < -0.39 is 30.4 Å². The summed E-state index contributed by atoms with van der Waals surface area (Å²) in [6.07, 6.45) is 3.63. The van der Waals surface area contributed by atoms with Crippen molar-refractivity contribution >= 4 is 128 Å². The monoisotopic (exact) mass is 1400 g/mol. The van der Waals surface area contributed by atoms with Gasteiger partial charge in [-0.05, 0) is 215 Å². The Bertz CT molecular complexity index is 2890. The number of aryl methyl sites for hydroxylation is 2. The van der Waals surface area contributed by atoms with Gasteiger partial charge in [-0.2, -0.15) is 0 Å². The number of benzene rings is 6. The molecule has 0 fully saturated rings. The predicted octanol–water partition coefficient (Wildman–Crippen LogP) is 15.9. The van der Waals surface area contributed by atoms with Crippen LogP contribution in [-0.4, -0.2) is 65.3 Å². The van der Waals surface area contributed by atoms with Crippen molar-refractivity contribution in [3.63, 3.8) is 0 Å². The van der Waals surface area contributed by atoms with Crippen LogP contribution >= 0.6 is 86.9 Å². The summed E-state index contributed by atoms with van der Waals surface area (Å²) in [4.78, 5) is 43.9. The summed E-state index contributed by atoms with van der Waals surface area (Å²) < 4.78 is 61.1. The summed E-state index contributed by atoms with van der Waals surface area (Å²) in [6.45, 7) is 8.34. The molecular formula is C57H59Br4Cl2F3N4O10. The number of anilines is 3. The van der Waals surface area contributed by atoms with Gasteiger partial charge in [0.05, 0.1) is 27.9 Å². The van der Waals surface area contributed by atoms with Crippen molar-refractivity contribution in [1.29, 1.82) is 0 Å². The number of hydrogen-bond acceptors (Lipinski definition) is 10. The van der Waals surface area contributed by atoms with Crippen LogP contribution in [0.1, 0.15) is 91.1 Å².